The number of aryl methyl sites for hydroxylation is 1. The van der Waals surface area contributed by atoms with Gasteiger partial charge in [-0.3, -0.25) is 14.9 Å². The highest BCUT2D eigenvalue weighted by Crippen LogP contribution is 2.19. The molecule has 0 radical (unpaired) electrons. The monoisotopic (exact) mass is 432 g/mol. The average Bonchev–Trinajstić information content (AvgIpc) is 3.15. The van der Waals surface area contributed by atoms with Gasteiger partial charge in [0.1, 0.15) is 15.9 Å². The highest BCUT2D eigenvalue weighted by atomic mass is 32.2. The van der Waals surface area contributed by atoms with Crippen molar-refractivity contribution in [1.29, 1.82) is 0 Å². The van der Waals surface area contributed by atoms with Gasteiger partial charge >= 0.3 is 0 Å². The van der Waals surface area contributed by atoms with Gasteiger partial charge in [-0.2, -0.15) is 0 Å². The van der Waals surface area contributed by atoms with E-state index in [1.165, 1.54) is 47.4 Å². The van der Waals surface area contributed by atoms with Crippen molar-refractivity contribution >= 4 is 45.9 Å². The molecule has 2 N–H and O–H groups in total. The number of thioether (sulfide) groups is 1. The minimum atomic E-state index is -0.617. The van der Waals surface area contributed by atoms with Crippen LogP contribution in [0.15, 0.2) is 41.4 Å². The summed E-state index contributed by atoms with van der Waals surface area (Å²) in [5.41, 5.74) is -0.0804. The molecule has 1 aromatic carbocycles. The first-order valence-electron chi connectivity index (χ1n) is 8.69. The van der Waals surface area contributed by atoms with Crippen molar-refractivity contribution in [2.45, 2.75) is 24.8 Å². The second kappa shape index (κ2) is 10.0. The predicted octanol–water partition coefficient (Wildman–Crippen LogP) is 3.40. The van der Waals surface area contributed by atoms with Crippen LogP contribution < -0.4 is 10.6 Å². The van der Waals surface area contributed by atoms with E-state index in [1.807, 2.05) is 6.92 Å². The second-order valence-electron chi connectivity index (χ2n) is 5.78. The number of aromatic nitrogens is 4. The molecule has 8 nitrogen and oxygen atoms in total. The minimum absolute atomic E-state index is 0.0804. The van der Waals surface area contributed by atoms with E-state index in [4.69, 9.17) is 0 Å². The number of hydrogen-bond acceptors (Lipinski definition) is 8. The van der Waals surface area contributed by atoms with Crippen LogP contribution in [-0.2, 0) is 11.2 Å². The topological polar surface area (TPSA) is 110 Å². The molecule has 0 unspecified atom stereocenters. The Bertz CT molecular complexity index is 996. The van der Waals surface area contributed by atoms with Crippen LogP contribution in [0.5, 0.6) is 0 Å². The normalized spacial score (nSPS) is 10.6. The third-order valence-corrected chi connectivity index (χ3v) is 5.35. The Morgan fingerprint density at radius 2 is 1.90 bits per heavy atom. The number of amides is 2. The Morgan fingerprint density at radius 1 is 1.07 bits per heavy atom. The molecular weight excluding hydrogens is 415 g/mol. The number of nitrogens with one attached hydrogen (secondary N) is 2. The summed E-state index contributed by atoms with van der Waals surface area (Å²) < 4.78 is 13.6. The van der Waals surface area contributed by atoms with Gasteiger partial charge in [-0.1, -0.05) is 42.2 Å². The van der Waals surface area contributed by atoms with Crippen LogP contribution >= 0.6 is 23.1 Å². The first kappa shape index (κ1) is 20.8. The summed E-state index contributed by atoms with van der Waals surface area (Å²) in [5.74, 6) is -1.15. The van der Waals surface area contributed by atoms with Gasteiger partial charge in [-0.05, 0) is 30.7 Å². The smallest absolute Gasteiger partial charge is 0.259 e. The number of benzene rings is 1. The molecule has 0 aliphatic carbocycles. The third-order valence-electron chi connectivity index (χ3n) is 3.53. The molecule has 0 saturated heterocycles. The van der Waals surface area contributed by atoms with E-state index in [0.717, 1.165) is 17.8 Å². The van der Waals surface area contributed by atoms with Crippen molar-refractivity contribution in [2.75, 3.05) is 16.4 Å². The molecule has 2 amide bonds. The fourth-order valence-electron chi connectivity index (χ4n) is 2.21. The number of hydrogen-bond donors (Lipinski definition) is 2. The first-order chi connectivity index (χ1) is 14.0. The Labute approximate surface area is 174 Å². The summed E-state index contributed by atoms with van der Waals surface area (Å²) >= 11 is 2.55. The van der Waals surface area contributed by atoms with E-state index >= 15 is 0 Å². The fraction of sp³-hybridized carbons (Fsp3) is 0.222. The van der Waals surface area contributed by atoms with Gasteiger partial charge in [-0.25, -0.2) is 4.39 Å². The molecular formula is C18H17FN6O2S2. The van der Waals surface area contributed by atoms with Crippen molar-refractivity contribution in [3.63, 3.8) is 0 Å². The summed E-state index contributed by atoms with van der Waals surface area (Å²) in [6.45, 7) is 2.05. The summed E-state index contributed by atoms with van der Waals surface area (Å²) in [6.07, 6.45) is 1.80. The Hall–Kier alpha value is -2.92. The maximum atomic E-state index is 13.6. The minimum Gasteiger partial charge on any atom is -0.305 e. The molecule has 0 atom stereocenters. The molecule has 11 heteroatoms. The third kappa shape index (κ3) is 6.03. The van der Waals surface area contributed by atoms with Crippen LogP contribution in [0.1, 0.15) is 28.7 Å². The Balaban J connectivity index is 1.49. The van der Waals surface area contributed by atoms with Gasteiger partial charge in [0.2, 0.25) is 11.0 Å². The SMILES string of the molecule is CCCc1nnc(NC(=O)CSc2ccc(NC(=O)c3ccccc3F)nn2)s1. The molecule has 0 aliphatic heterocycles. The van der Waals surface area contributed by atoms with Gasteiger partial charge in [0.25, 0.3) is 5.91 Å². The van der Waals surface area contributed by atoms with Crippen molar-refractivity contribution in [2.24, 2.45) is 0 Å². The number of halogens is 1. The zero-order valence-electron chi connectivity index (χ0n) is 15.4. The van der Waals surface area contributed by atoms with E-state index in [9.17, 15) is 14.0 Å². The lowest BCUT2D eigenvalue weighted by Gasteiger charge is -2.05. The van der Waals surface area contributed by atoms with Gasteiger partial charge in [-0.15, -0.1) is 20.4 Å². The van der Waals surface area contributed by atoms with Gasteiger partial charge < -0.3 is 5.32 Å². The molecule has 2 heterocycles. The van der Waals surface area contributed by atoms with Crippen LogP contribution in [0.2, 0.25) is 0 Å². The molecule has 0 bridgehead atoms. The number of carbonyl (C=O) groups excluding carboxylic acids is 2. The lowest BCUT2D eigenvalue weighted by Crippen LogP contribution is -2.15. The molecule has 0 spiro atoms. The van der Waals surface area contributed by atoms with Crippen molar-refractivity contribution in [3.05, 3.63) is 52.8 Å². The number of anilines is 2. The first-order valence-corrected chi connectivity index (χ1v) is 10.5. The summed E-state index contributed by atoms with van der Waals surface area (Å²) in [4.78, 5) is 24.1. The number of carbonyl (C=O) groups is 2. The molecule has 3 aromatic rings. The highest BCUT2D eigenvalue weighted by molar-refractivity contribution is 7.99. The quantitative estimate of drug-likeness (QED) is 0.525. The van der Waals surface area contributed by atoms with Crippen LogP contribution in [0.25, 0.3) is 0 Å². The maximum absolute atomic E-state index is 13.6. The largest absolute Gasteiger partial charge is 0.305 e. The number of nitrogens with zero attached hydrogens (tertiary/aromatic N) is 4. The maximum Gasteiger partial charge on any atom is 0.259 e. The van der Waals surface area contributed by atoms with E-state index in [2.05, 4.69) is 31.0 Å². The van der Waals surface area contributed by atoms with Crippen molar-refractivity contribution in [3.8, 4) is 0 Å². The van der Waals surface area contributed by atoms with E-state index in [1.54, 1.807) is 12.1 Å². The van der Waals surface area contributed by atoms with Crippen LogP contribution in [0, 0.1) is 5.82 Å². The van der Waals surface area contributed by atoms with Gasteiger partial charge in [0.15, 0.2) is 5.82 Å². The molecule has 150 valence electrons. The van der Waals surface area contributed by atoms with E-state index < -0.39 is 11.7 Å². The van der Waals surface area contributed by atoms with Crippen LogP contribution in [0.3, 0.4) is 0 Å². The highest BCUT2D eigenvalue weighted by Gasteiger charge is 2.12. The Morgan fingerprint density at radius 3 is 2.62 bits per heavy atom. The van der Waals surface area contributed by atoms with Crippen molar-refractivity contribution < 1.29 is 14.0 Å². The molecule has 0 saturated carbocycles. The zero-order valence-corrected chi connectivity index (χ0v) is 17.0. The molecule has 29 heavy (non-hydrogen) atoms. The summed E-state index contributed by atoms with van der Waals surface area (Å²) in [5, 5.41) is 22.8. The summed E-state index contributed by atoms with van der Waals surface area (Å²) in [6, 6.07) is 8.81. The average molecular weight is 433 g/mol. The molecule has 2 aromatic heterocycles. The summed E-state index contributed by atoms with van der Waals surface area (Å²) in [7, 11) is 0. The lowest BCUT2D eigenvalue weighted by atomic mass is 10.2. The fourth-order valence-corrected chi connectivity index (χ4v) is 3.68. The number of rotatable bonds is 8. The molecule has 0 aliphatic rings. The van der Waals surface area contributed by atoms with Crippen LogP contribution in [-0.4, -0.2) is 38.0 Å². The molecule has 3 rings (SSSR count). The molecule has 0 fully saturated rings. The zero-order chi connectivity index (χ0) is 20.6. The van der Waals surface area contributed by atoms with Gasteiger partial charge in [0.05, 0.1) is 11.3 Å². The van der Waals surface area contributed by atoms with E-state index in [-0.39, 0.29) is 23.0 Å². The van der Waals surface area contributed by atoms with Crippen molar-refractivity contribution in [1.82, 2.24) is 20.4 Å². The van der Waals surface area contributed by atoms with Gasteiger partial charge in [0, 0.05) is 6.42 Å². The second-order valence-corrected chi connectivity index (χ2v) is 7.84. The lowest BCUT2D eigenvalue weighted by molar-refractivity contribution is -0.113. The van der Waals surface area contributed by atoms with Crippen LogP contribution in [0.4, 0.5) is 15.3 Å². The predicted molar refractivity (Wildman–Crippen MR) is 110 cm³/mol. The standard InChI is InChI=1S/C18H17FN6O2S2/c1-2-5-16-24-25-18(29-16)21-14(26)10-28-15-9-8-13(22-23-15)20-17(27)11-6-3-4-7-12(11)19/h3-4,6-9H,2,5,10H2,1H3,(H,20,22,27)(H,21,25,26). The Kier molecular flexibility index (Phi) is 7.19. The van der Waals surface area contributed by atoms with E-state index in [0.29, 0.717) is 10.2 Å².